The monoisotopic (exact) mass is 285 g/mol. The first kappa shape index (κ1) is 15.5. The standard InChI is InChI=1S/C8H14Cl3N5/c9-5-3-1-2-4-6(10)14-7(12)15-8(13)16-11/h1-5H2,(H4,12,13,15,16). The smallest absolute Gasteiger partial charge is 0.223 e. The normalized spacial score (nSPS) is 12.7. The molecule has 0 aliphatic rings. The molecular weight excluding hydrogens is 272 g/mol. The van der Waals surface area contributed by atoms with Crippen LogP contribution in [0.15, 0.2) is 9.50 Å². The summed E-state index contributed by atoms with van der Waals surface area (Å²) in [7, 11) is 0. The van der Waals surface area contributed by atoms with Crippen molar-refractivity contribution >= 4 is 52.1 Å². The Morgan fingerprint density at radius 1 is 1.31 bits per heavy atom. The van der Waals surface area contributed by atoms with Gasteiger partial charge in [0.15, 0.2) is 0 Å². The fourth-order valence-corrected chi connectivity index (χ4v) is 1.34. The average molecular weight is 287 g/mol. The SMILES string of the molecule is N=C(N=C(Cl)CCCCCCl)NC(N)=NCl. The highest BCUT2D eigenvalue weighted by Crippen LogP contribution is 2.04. The summed E-state index contributed by atoms with van der Waals surface area (Å²) < 4.78 is 3.11. The van der Waals surface area contributed by atoms with Crippen LogP contribution in [0.25, 0.3) is 0 Å². The number of nitrogens with one attached hydrogen (secondary N) is 2. The first-order chi connectivity index (χ1) is 7.60. The lowest BCUT2D eigenvalue weighted by atomic mass is 10.2. The molecule has 0 unspecified atom stereocenters. The second-order valence-electron chi connectivity index (χ2n) is 2.93. The molecule has 0 aromatic rings. The first-order valence-corrected chi connectivity index (χ1v) is 5.94. The van der Waals surface area contributed by atoms with E-state index in [9.17, 15) is 0 Å². The van der Waals surface area contributed by atoms with Gasteiger partial charge in [-0.1, -0.05) is 18.0 Å². The largest absolute Gasteiger partial charge is 0.369 e. The number of hydrogen-bond acceptors (Lipinski definition) is 2. The van der Waals surface area contributed by atoms with E-state index >= 15 is 0 Å². The molecule has 0 aromatic heterocycles. The topological polar surface area (TPSA) is 86.6 Å². The molecule has 0 amide bonds. The van der Waals surface area contributed by atoms with Gasteiger partial charge < -0.3 is 5.73 Å². The molecule has 0 bridgehead atoms. The van der Waals surface area contributed by atoms with Crippen molar-refractivity contribution < 1.29 is 0 Å². The maximum absolute atomic E-state index is 7.35. The van der Waals surface area contributed by atoms with Crippen LogP contribution in [0.1, 0.15) is 25.7 Å². The highest BCUT2D eigenvalue weighted by atomic mass is 35.5. The molecular formula is C8H14Cl3N5. The Morgan fingerprint density at radius 2 is 2.00 bits per heavy atom. The number of unbranched alkanes of at least 4 members (excludes halogenated alkanes) is 2. The molecule has 8 heteroatoms. The number of nitrogens with two attached hydrogens (primary N) is 1. The molecule has 0 fully saturated rings. The number of rotatable bonds is 5. The van der Waals surface area contributed by atoms with Gasteiger partial charge in [0.2, 0.25) is 11.9 Å². The van der Waals surface area contributed by atoms with Gasteiger partial charge in [0.25, 0.3) is 0 Å². The molecule has 5 nitrogen and oxygen atoms in total. The third kappa shape index (κ3) is 8.76. The zero-order chi connectivity index (χ0) is 12.4. The van der Waals surface area contributed by atoms with Gasteiger partial charge in [0.1, 0.15) is 5.17 Å². The van der Waals surface area contributed by atoms with Crippen molar-refractivity contribution in [2.24, 2.45) is 15.2 Å². The van der Waals surface area contributed by atoms with Crippen molar-refractivity contribution in [3.63, 3.8) is 0 Å². The second kappa shape index (κ2) is 9.69. The highest BCUT2D eigenvalue weighted by molar-refractivity contribution is 6.66. The third-order valence-electron chi connectivity index (χ3n) is 1.59. The molecule has 0 aliphatic carbocycles. The summed E-state index contributed by atoms with van der Waals surface area (Å²) in [4.78, 5) is 3.76. The zero-order valence-electron chi connectivity index (χ0n) is 8.64. The van der Waals surface area contributed by atoms with Gasteiger partial charge in [-0.2, -0.15) is 0 Å². The molecule has 0 rings (SSSR count). The minimum atomic E-state index is -0.191. The van der Waals surface area contributed by atoms with E-state index < -0.39 is 0 Å². The van der Waals surface area contributed by atoms with E-state index in [4.69, 9.17) is 46.1 Å². The van der Waals surface area contributed by atoms with E-state index in [0.29, 0.717) is 17.5 Å². The van der Waals surface area contributed by atoms with E-state index in [2.05, 4.69) is 14.8 Å². The number of alkyl halides is 1. The Morgan fingerprint density at radius 3 is 2.56 bits per heavy atom. The van der Waals surface area contributed by atoms with Crippen LogP contribution < -0.4 is 11.1 Å². The maximum atomic E-state index is 7.35. The molecule has 0 saturated heterocycles. The summed E-state index contributed by atoms with van der Waals surface area (Å²) in [5.74, 6) is 0.362. The van der Waals surface area contributed by atoms with E-state index in [1.165, 1.54) is 0 Å². The molecule has 0 aliphatic heterocycles. The maximum Gasteiger partial charge on any atom is 0.223 e. The van der Waals surface area contributed by atoms with Crippen LogP contribution in [0, 0.1) is 5.41 Å². The quantitative estimate of drug-likeness (QED) is 0.314. The van der Waals surface area contributed by atoms with E-state index in [1.807, 2.05) is 0 Å². The highest BCUT2D eigenvalue weighted by Gasteiger charge is 1.99. The minimum Gasteiger partial charge on any atom is -0.369 e. The second-order valence-corrected chi connectivity index (χ2v) is 3.91. The molecule has 4 N–H and O–H groups in total. The number of aliphatic imine (C=N–C) groups is 1. The van der Waals surface area contributed by atoms with Crippen LogP contribution in [-0.4, -0.2) is 23.0 Å². The summed E-state index contributed by atoms with van der Waals surface area (Å²) in [6.45, 7) is 0. The van der Waals surface area contributed by atoms with Crippen LogP contribution >= 0.6 is 35.0 Å². The van der Waals surface area contributed by atoms with Gasteiger partial charge in [-0.3, -0.25) is 10.7 Å². The Labute approximate surface area is 110 Å². The van der Waals surface area contributed by atoms with Gasteiger partial charge in [0.05, 0.1) is 0 Å². The van der Waals surface area contributed by atoms with E-state index in [0.717, 1.165) is 19.3 Å². The van der Waals surface area contributed by atoms with Crippen molar-refractivity contribution in [3.8, 4) is 0 Å². The lowest BCUT2D eigenvalue weighted by Crippen LogP contribution is -2.35. The zero-order valence-corrected chi connectivity index (χ0v) is 10.9. The predicted octanol–water partition coefficient (Wildman–Crippen LogP) is 2.42. The molecule has 0 saturated carbocycles. The summed E-state index contributed by atoms with van der Waals surface area (Å²) in [5, 5.41) is 10.0. The van der Waals surface area contributed by atoms with E-state index in [1.54, 1.807) is 0 Å². The lowest BCUT2D eigenvalue weighted by Gasteiger charge is -2.02. The molecule has 0 spiro atoms. The first-order valence-electron chi connectivity index (χ1n) is 4.69. The van der Waals surface area contributed by atoms with Gasteiger partial charge >= 0.3 is 0 Å². The van der Waals surface area contributed by atoms with Crippen LogP contribution in [0.2, 0.25) is 0 Å². The van der Waals surface area contributed by atoms with Crippen LogP contribution in [0.5, 0.6) is 0 Å². The Balaban J connectivity index is 3.88. The van der Waals surface area contributed by atoms with Crippen molar-refractivity contribution in [2.45, 2.75) is 25.7 Å². The lowest BCUT2D eigenvalue weighted by molar-refractivity contribution is 0.748. The third-order valence-corrected chi connectivity index (χ3v) is 2.31. The molecule has 0 aromatic carbocycles. The molecule has 0 heterocycles. The van der Waals surface area contributed by atoms with E-state index in [-0.39, 0.29) is 11.9 Å². The number of guanidine groups is 2. The Hall–Kier alpha value is -0.520. The van der Waals surface area contributed by atoms with Crippen molar-refractivity contribution in [1.82, 2.24) is 5.32 Å². The molecule has 0 atom stereocenters. The summed E-state index contributed by atoms with van der Waals surface area (Å²) in [5.41, 5.74) is 5.23. The summed E-state index contributed by atoms with van der Waals surface area (Å²) in [6, 6.07) is 0. The summed E-state index contributed by atoms with van der Waals surface area (Å²) in [6.07, 6.45) is 3.44. The Bertz CT molecular complexity index is 277. The molecule has 0 radical (unpaired) electrons. The van der Waals surface area contributed by atoms with Crippen LogP contribution in [0.4, 0.5) is 0 Å². The predicted molar refractivity (Wildman–Crippen MR) is 70.8 cm³/mol. The van der Waals surface area contributed by atoms with Gasteiger partial charge in [-0.25, -0.2) is 4.99 Å². The fraction of sp³-hybridized carbons (Fsp3) is 0.625. The van der Waals surface area contributed by atoms with Gasteiger partial charge in [-0.15, -0.1) is 16.1 Å². The average Bonchev–Trinajstić information content (AvgIpc) is 2.24. The van der Waals surface area contributed by atoms with Crippen LogP contribution in [0.3, 0.4) is 0 Å². The van der Waals surface area contributed by atoms with Crippen LogP contribution in [-0.2, 0) is 0 Å². The molecule has 16 heavy (non-hydrogen) atoms. The number of hydrogen-bond donors (Lipinski definition) is 3. The van der Waals surface area contributed by atoms with Gasteiger partial charge in [-0.05, 0) is 12.8 Å². The van der Waals surface area contributed by atoms with Crippen molar-refractivity contribution in [2.75, 3.05) is 5.88 Å². The van der Waals surface area contributed by atoms with Crippen molar-refractivity contribution in [1.29, 1.82) is 5.41 Å². The Kier molecular flexibility index (Phi) is 9.37. The number of halogens is 3. The fourth-order valence-electron chi connectivity index (χ4n) is 0.890. The molecule has 92 valence electrons. The van der Waals surface area contributed by atoms with Crippen molar-refractivity contribution in [3.05, 3.63) is 0 Å². The number of nitrogens with zero attached hydrogens (tertiary/aromatic N) is 2. The van der Waals surface area contributed by atoms with Gasteiger partial charge in [0, 0.05) is 24.1 Å². The minimum absolute atomic E-state index is 0.0953. The summed E-state index contributed by atoms with van der Waals surface area (Å²) >= 11 is 16.4.